The average molecular weight is 374 g/mol. The number of ether oxygens (including phenoxy) is 1. The lowest BCUT2D eigenvalue weighted by Crippen LogP contribution is -2.03. The van der Waals surface area contributed by atoms with E-state index < -0.39 is 15.7 Å². The van der Waals surface area contributed by atoms with E-state index in [1.165, 1.54) is 19.4 Å². The predicted octanol–water partition coefficient (Wildman–Crippen LogP) is 2.88. The van der Waals surface area contributed by atoms with E-state index in [9.17, 15) is 17.6 Å². The van der Waals surface area contributed by atoms with Gasteiger partial charge in [0.15, 0.2) is 9.84 Å². The number of carbonyl (C=O) groups is 1. The molecular weight excluding hydrogens is 355 g/mol. The minimum absolute atomic E-state index is 0.0496. The molecule has 0 atom stereocenters. The number of methoxy groups -OCH3 is 1. The van der Waals surface area contributed by atoms with Crippen molar-refractivity contribution in [3.05, 3.63) is 70.5 Å². The second-order valence-electron chi connectivity index (χ2n) is 5.90. The van der Waals surface area contributed by atoms with E-state index in [-0.39, 0.29) is 24.6 Å². The maximum atomic E-state index is 14.1. The molecule has 0 unspecified atom stereocenters. The molecular formula is C20H19FO4S. The number of benzene rings is 2. The summed E-state index contributed by atoms with van der Waals surface area (Å²) in [5, 5.41) is 0. The molecule has 0 saturated heterocycles. The zero-order valence-corrected chi connectivity index (χ0v) is 15.4. The Labute approximate surface area is 152 Å². The van der Waals surface area contributed by atoms with Crippen LogP contribution in [0.4, 0.5) is 4.39 Å². The second-order valence-corrected chi connectivity index (χ2v) is 8.04. The molecule has 0 N–H and O–H groups in total. The molecule has 2 aromatic rings. The number of hydrogen-bond acceptors (Lipinski definition) is 4. The number of aryl methyl sites for hydroxylation is 1. The monoisotopic (exact) mass is 374 g/mol. The first-order chi connectivity index (χ1) is 12.3. The number of hydrogen-bond donors (Lipinski definition) is 0. The van der Waals surface area contributed by atoms with E-state index in [1.807, 2.05) is 0 Å². The van der Waals surface area contributed by atoms with Gasteiger partial charge in [-0.25, -0.2) is 12.8 Å². The Hall–Kier alpha value is -2.65. The highest BCUT2D eigenvalue weighted by atomic mass is 32.2. The van der Waals surface area contributed by atoms with Crippen molar-refractivity contribution < 1.29 is 22.3 Å². The summed E-state index contributed by atoms with van der Waals surface area (Å²) in [6.45, 7) is 0. The summed E-state index contributed by atoms with van der Waals surface area (Å²) in [6, 6.07) is 11.5. The molecule has 0 heterocycles. The lowest BCUT2D eigenvalue weighted by Gasteiger charge is -2.03. The maximum absolute atomic E-state index is 14.1. The molecule has 0 aliphatic heterocycles. The summed E-state index contributed by atoms with van der Waals surface area (Å²) >= 11 is 0. The van der Waals surface area contributed by atoms with Crippen LogP contribution in [0.5, 0.6) is 0 Å². The van der Waals surface area contributed by atoms with Crippen molar-refractivity contribution >= 4 is 15.8 Å². The molecule has 0 aliphatic rings. The summed E-state index contributed by atoms with van der Waals surface area (Å²) in [5.41, 5.74) is 2.24. The lowest BCUT2D eigenvalue weighted by molar-refractivity contribution is -0.140. The van der Waals surface area contributed by atoms with Gasteiger partial charge in [0, 0.05) is 23.8 Å². The second kappa shape index (κ2) is 8.63. The van der Waals surface area contributed by atoms with Crippen molar-refractivity contribution in [3.63, 3.8) is 0 Å². The number of halogens is 1. The van der Waals surface area contributed by atoms with E-state index in [2.05, 4.69) is 16.6 Å². The van der Waals surface area contributed by atoms with Gasteiger partial charge in [0.25, 0.3) is 0 Å². The number of esters is 1. The molecule has 0 spiro atoms. The van der Waals surface area contributed by atoms with Crippen LogP contribution in [0.25, 0.3) is 0 Å². The van der Waals surface area contributed by atoms with Crippen LogP contribution in [-0.2, 0) is 31.5 Å². The fourth-order valence-electron chi connectivity index (χ4n) is 2.35. The van der Waals surface area contributed by atoms with Gasteiger partial charge >= 0.3 is 5.97 Å². The highest BCUT2D eigenvalue weighted by molar-refractivity contribution is 7.89. The van der Waals surface area contributed by atoms with Crippen LogP contribution in [-0.4, -0.2) is 27.8 Å². The molecule has 0 aromatic heterocycles. The first-order valence-electron chi connectivity index (χ1n) is 7.91. The molecule has 0 amide bonds. The lowest BCUT2D eigenvalue weighted by atomic mass is 10.1. The summed E-state index contributed by atoms with van der Waals surface area (Å²) in [5.74, 6) is 4.91. The van der Waals surface area contributed by atoms with Crippen LogP contribution < -0.4 is 0 Å². The molecule has 4 nitrogen and oxygen atoms in total. The van der Waals surface area contributed by atoms with Gasteiger partial charge in [0.05, 0.1) is 12.9 Å². The maximum Gasteiger partial charge on any atom is 0.305 e. The van der Waals surface area contributed by atoms with Crippen molar-refractivity contribution in [1.29, 1.82) is 0 Å². The van der Waals surface area contributed by atoms with E-state index >= 15 is 0 Å². The third kappa shape index (κ3) is 6.34. The molecule has 0 fully saturated rings. The molecule has 26 heavy (non-hydrogen) atoms. The topological polar surface area (TPSA) is 60.4 Å². The summed E-state index contributed by atoms with van der Waals surface area (Å²) in [6.07, 6.45) is 1.56. The van der Waals surface area contributed by atoms with Gasteiger partial charge in [-0.05, 0) is 41.8 Å². The Balaban J connectivity index is 2.14. The van der Waals surface area contributed by atoms with Crippen molar-refractivity contribution in [2.24, 2.45) is 0 Å². The van der Waals surface area contributed by atoms with Crippen LogP contribution >= 0.6 is 0 Å². The zero-order chi connectivity index (χ0) is 19.2. The molecule has 136 valence electrons. The van der Waals surface area contributed by atoms with Gasteiger partial charge in [-0.1, -0.05) is 30.0 Å². The van der Waals surface area contributed by atoms with Crippen molar-refractivity contribution in [2.45, 2.75) is 18.6 Å². The molecule has 0 bridgehead atoms. The number of sulfone groups is 1. The Morgan fingerprint density at radius 2 is 1.81 bits per heavy atom. The molecule has 2 aromatic carbocycles. The van der Waals surface area contributed by atoms with Crippen LogP contribution in [0, 0.1) is 17.7 Å². The van der Waals surface area contributed by atoms with Crippen LogP contribution in [0.2, 0.25) is 0 Å². The number of rotatable bonds is 5. The summed E-state index contributed by atoms with van der Waals surface area (Å²) in [4.78, 5) is 11.1. The van der Waals surface area contributed by atoms with Gasteiger partial charge in [-0.2, -0.15) is 0 Å². The van der Waals surface area contributed by atoms with Crippen LogP contribution in [0.3, 0.4) is 0 Å². The van der Waals surface area contributed by atoms with E-state index in [0.29, 0.717) is 22.3 Å². The Bertz CT molecular complexity index is 969. The minimum atomic E-state index is -3.12. The van der Waals surface area contributed by atoms with E-state index in [4.69, 9.17) is 0 Å². The first kappa shape index (κ1) is 19.7. The van der Waals surface area contributed by atoms with Gasteiger partial charge in [0.1, 0.15) is 5.82 Å². The van der Waals surface area contributed by atoms with Crippen molar-refractivity contribution in [1.82, 2.24) is 0 Å². The SMILES string of the molecule is COC(=O)CCc1ccc(C#Cc2cccc(CS(C)(=O)=O)c2)cc1F. The third-order valence-corrected chi connectivity index (χ3v) is 4.44. The summed E-state index contributed by atoms with van der Waals surface area (Å²) < 4.78 is 41.4. The molecule has 0 aliphatic carbocycles. The number of carbonyl (C=O) groups excluding carboxylic acids is 1. The summed E-state index contributed by atoms with van der Waals surface area (Å²) in [7, 11) is -1.82. The van der Waals surface area contributed by atoms with E-state index in [0.717, 1.165) is 0 Å². The predicted molar refractivity (Wildman–Crippen MR) is 97.7 cm³/mol. The quantitative estimate of drug-likeness (QED) is 0.596. The van der Waals surface area contributed by atoms with Gasteiger partial charge < -0.3 is 4.74 Å². The van der Waals surface area contributed by atoms with Gasteiger partial charge in [0.2, 0.25) is 0 Å². The van der Waals surface area contributed by atoms with Gasteiger partial charge in [-0.15, -0.1) is 0 Å². The highest BCUT2D eigenvalue weighted by Gasteiger charge is 2.07. The van der Waals surface area contributed by atoms with Crippen LogP contribution in [0.15, 0.2) is 42.5 Å². The molecule has 6 heteroatoms. The molecule has 0 saturated carbocycles. The Kier molecular flexibility index (Phi) is 6.53. The molecule has 2 rings (SSSR count). The minimum Gasteiger partial charge on any atom is -0.469 e. The highest BCUT2D eigenvalue weighted by Crippen LogP contribution is 2.13. The van der Waals surface area contributed by atoms with Crippen LogP contribution in [0.1, 0.15) is 28.7 Å². The van der Waals surface area contributed by atoms with Gasteiger partial charge in [-0.3, -0.25) is 4.79 Å². The third-order valence-electron chi connectivity index (χ3n) is 3.59. The first-order valence-corrected chi connectivity index (χ1v) is 9.97. The normalized spacial score (nSPS) is 10.7. The smallest absolute Gasteiger partial charge is 0.305 e. The standard InChI is InChI=1S/C20H19FO4S/c1-25-20(22)11-10-18-9-8-16(13-19(18)21)7-6-15-4-3-5-17(12-15)14-26(2,23)24/h3-5,8-9,12-13H,10-11,14H2,1-2H3. The largest absolute Gasteiger partial charge is 0.469 e. The molecule has 0 radical (unpaired) electrons. The Morgan fingerprint density at radius 3 is 2.42 bits per heavy atom. The zero-order valence-electron chi connectivity index (χ0n) is 14.6. The average Bonchev–Trinajstić information content (AvgIpc) is 2.57. The van der Waals surface area contributed by atoms with Crippen molar-refractivity contribution in [2.75, 3.05) is 13.4 Å². The fraction of sp³-hybridized carbons (Fsp3) is 0.250. The van der Waals surface area contributed by atoms with E-state index in [1.54, 1.807) is 36.4 Å². The Morgan fingerprint density at radius 1 is 1.12 bits per heavy atom. The van der Waals surface area contributed by atoms with Crippen molar-refractivity contribution in [3.8, 4) is 11.8 Å². The fourth-order valence-corrected chi connectivity index (χ4v) is 3.14.